The number of likely N-dealkylation sites (N-methyl/N-ethyl adjacent to an activating group) is 1. The molecule has 0 spiro atoms. The third kappa shape index (κ3) is 1.46. The van der Waals surface area contributed by atoms with E-state index >= 15 is 0 Å². The quantitative estimate of drug-likeness (QED) is 0.664. The highest BCUT2D eigenvalue weighted by atomic mass is 16.2. The second-order valence-electron chi connectivity index (χ2n) is 4.02. The van der Waals surface area contributed by atoms with Crippen molar-refractivity contribution in [1.29, 1.82) is 0 Å². The highest BCUT2D eigenvalue weighted by Crippen LogP contribution is 2.30. The van der Waals surface area contributed by atoms with Crippen molar-refractivity contribution in [2.24, 2.45) is 5.73 Å². The van der Waals surface area contributed by atoms with Gasteiger partial charge in [0.1, 0.15) is 0 Å². The summed E-state index contributed by atoms with van der Waals surface area (Å²) >= 11 is 0. The molecule has 0 aromatic rings. The fourth-order valence-corrected chi connectivity index (χ4v) is 1.36. The molecule has 0 aliphatic heterocycles. The molecule has 0 heterocycles. The van der Waals surface area contributed by atoms with Crippen molar-refractivity contribution in [3.63, 3.8) is 0 Å². The van der Waals surface area contributed by atoms with Gasteiger partial charge in [0.2, 0.25) is 5.91 Å². The van der Waals surface area contributed by atoms with Crippen LogP contribution in [0.25, 0.3) is 0 Å². The lowest BCUT2D eigenvalue weighted by Gasteiger charge is -2.40. The average Bonchev–Trinajstić information content (AvgIpc) is 1.97. The van der Waals surface area contributed by atoms with E-state index in [2.05, 4.69) is 0 Å². The Kier molecular flexibility index (Phi) is 2.42. The maximum Gasteiger partial charge on any atom is 0.242 e. The van der Waals surface area contributed by atoms with E-state index in [0.717, 1.165) is 19.3 Å². The van der Waals surface area contributed by atoms with Crippen LogP contribution < -0.4 is 5.73 Å². The van der Waals surface area contributed by atoms with Gasteiger partial charge >= 0.3 is 0 Å². The molecule has 0 bridgehead atoms. The van der Waals surface area contributed by atoms with E-state index in [1.807, 2.05) is 20.9 Å². The zero-order valence-corrected chi connectivity index (χ0v) is 8.13. The fraction of sp³-hybridized carbons (Fsp3) is 0.889. The van der Waals surface area contributed by atoms with Crippen LogP contribution in [0.3, 0.4) is 0 Å². The summed E-state index contributed by atoms with van der Waals surface area (Å²) in [5.74, 6) is 0.101. The van der Waals surface area contributed by atoms with Gasteiger partial charge in [-0.2, -0.15) is 0 Å². The molecule has 0 atom stereocenters. The summed E-state index contributed by atoms with van der Waals surface area (Å²) < 4.78 is 0. The first kappa shape index (κ1) is 9.52. The minimum Gasteiger partial charge on any atom is -0.342 e. The van der Waals surface area contributed by atoms with Gasteiger partial charge in [0.25, 0.3) is 0 Å². The number of rotatable bonds is 2. The minimum atomic E-state index is -0.529. The average molecular weight is 170 g/mol. The van der Waals surface area contributed by atoms with E-state index in [-0.39, 0.29) is 11.9 Å². The lowest BCUT2D eigenvalue weighted by atomic mass is 9.76. The van der Waals surface area contributed by atoms with Gasteiger partial charge in [-0.1, -0.05) is 0 Å². The van der Waals surface area contributed by atoms with E-state index in [1.165, 1.54) is 0 Å². The van der Waals surface area contributed by atoms with Crippen LogP contribution in [-0.2, 0) is 4.79 Å². The lowest BCUT2D eigenvalue weighted by molar-refractivity contribution is -0.140. The summed E-state index contributed by atoms with van der Waals surface area (Å²) in [7, 11) is 1.82. The van der Waals surface area contributed by atoms with Crippen molar-refractivity contribution in [1.82, 2.24) is 4.90 Å². The van der Waals surface area contributed by atoms with Crippen LogP contribution in [-0.4, -0.2) is 29.4 Å². The lowest BCUT2D eigenvalue weighted by Crippen LogP contribution is -2.59. The molecule has 1 amide bonds. The molecule has 0 unspecified atom stereocenters. The van der Waals surface area contributed by atoms with Crippen LogP contribution in [0.4, 0.5) is 0 Å². The molecule has 70 valence electrons. The largest absolute Gasteiger partial charge is 0.342 e. The molecule has 0 radical (unpaired) electrons. The predicted octanol–water partition coefficient (Wildman–Crippen LogP) is 0.735. The van der Waals surface area contributed by atoms with Crippen molar-refractivity contribution >= 4 is 5.91 Å². The standard InChI is InChI=1S/C9H18N2O/c1-7(2)11(3)8(12)9(10)5-4-6-9/h7H,4-6,10H2,1-3H3. The van der Waals surface area contributed by atoms with Crippen molar-refractivity contribution in [2.45, 2.75) is 44.7 Å². The van der Waals surface area contributed by atoms with E-state index in [9.17, 15) is 4.79 Å². The number of amides is 1. The van der Waals surface area contributed by atoms with E-state index in [0.29, 0.717) is 0 Å². The number of carbonyl (C=O) groups is 1. The van der Waals surface area contributed by atoms with Gasteiger partial charge in [-0.25, -0.2) is 0 Å². The van der Waals surface area contributed by atoms with Gasteiger partial charge in [0, 0.05) is 13.1 Å². The highest BCUT2D eigenvalue weighted by molar-refractivity contribution is 5.87. The van der Waals surface area contributed by atoms with Crippen molar-refractivity contribution in [3.05, 3.63) is 0 Å². The van der Waals surface area contributed by atoms with Crippen LogP contribution in [0.2, 0.25) is 0 Å². The predicted molar refractivity (Wildman–Crippen MR) is 48.7 cm³/mol. The Hall–Kier alpha value is -0.570. The molecular weight excluding hydrogens is 152 g/mol. The molecular formula is C9H18N2O. The summed E-state index contributed by atoms with van der Waals surface area (Å²) in [6, 6.07) is 0.249. The molecule has 1 aliphatic carbocycles. The zero-order chi connectivity index (χ0) is 9.35. The monoisotopic (exact) mass is 170 g/mol. The maximum absolute atomic E-state index is 11.7. The van der Waals surface area contributed by atoms with E-state index < -0.39 is 5.54 Å². The first-order valence-corrected chi connectivity index (χ1v) is 4.53. The number of hydrogen-bond donors (Lipinski definition) is 1. The molecule has 0 saturated heterocycles. The molecule has 1 aliphatic rings. The maximum atomic E-state index is 11.7. The SMILES string of the molecule is CC(C)N(C)C(=O)C1(N)CCC1. The number of hydrogen-bond acceptors (Lipinski definition) is 2. The normalized spacial score (nSPS) is 20.4. The molecule has 0 aromatic heterocycles. The van der Waals surface area contributed by atoms with Gasteiger partial charge in [0.05, 0.1) is 5.54 Å². The summed E-state index contributed by atoms with van der Waals surface area (Å²) in [6.07, 6.45) is 2.79. The number of nitrogens with two attached hydrogens (primary N) is 1. The van der Waals surface area contributed by atoms with Crippen molar-refractivity contribution in [2.75, 3.05) is 7.05 Å². The van der Waals surface area contributed by atoms with Gasteiger partial charge in [-0.3, -0.25) is 4.79 Å². The Morgan fingerprint density at radius 2 is 2.00 bits per heavy atom. The molecule has 12 heavy (non-hydrogen) atoms. The van der Waals surface area contributed by atoms with E-state index in [4.69, 9.17) is 5.73 Å². The number of nitrogens with zero attached hydrogens (tertiary/aromatic N) is 1. The van der Waals surface area contributed by atoms with Crippen molar-refractivity contribution < 1.29 is 4.79 Å². The highest BCUT2D eigenvalue weighted by Gasteiger charge is 2.42. The van der Waals surface area contributed by atoms with E-state index in [1.54, 1.807) is 4.90 Å². The Morgan fingerprint density at radius 3 is 2.25 bits per heavy atom. The topological polar surface area (TPSA) is 46.3 Å². The molecule has 1 fully saturated rings. The second-order valence-corrected chi connectivity index (χ2v) is 4.02. The smallest absolute Gasteiger partial charge is 0.242 e. The molecule has 1 rings (SSSR count). The number of carbonyl (C=O) groups excluding carboxylic acids is 1. The fourth-order valence-electron chi connectivity index (χ4n) is 1.36. The molecule has 1 saturated carbocycles. The zero-order valence-electron chi connectivity index (χ0n) is 8.13. The summed E-state index contributed by atoms with van der Waals surface area (Å²) in [4.78, 5) is 13.4. The minimum absolute atomic E-state index is 0.101. The first-order valence-electron chi connectivity index (χ1n) is 4.53. The first-order chi connectivity index (χ1) is 5.47. The Morgan fingerprint density at radius 1 is 1.50 bits per heavy atom. The van der Waals surface area contributed by atoms with Crippen LogP contribution >= 0.6 is 0 Å². The summed E-state index contributed by atoms with van der Waals surface area (Å²) in [6.45, 7) is 4.00. The molecule has 3 heteroatoms. The second kappa shape index (κ2) is 3.05. The molecule has 2 N–H and O–H groups in total. The van der Waals surface area contributed by atoms with Gasteiger partial charge < -0.3 is 10.6 Å². The Balaban J connectivity index is 2.57. The van der Waals surface area contributed by atoms with Crippen LogP contribution in [0, 0.1) is 0 Å². The van der Waals surface area contributed by atoms with Crippen LogP contribution in [0.5, 0.6) is 0 Å². The molecule has 3 nitrogen and oxygen atoms in total. The Bertz CT molecular complexity index is 185. The van der Waals surface area contributed by atoms with Gasteiger partial charge in [-0.05, 0) is 33.1 Å². The third-order valence-corrected chi connectivity index (χ3v) is 2.77. The molecule has 0 aromatic carbocycles. The van der Waals surface area contributed by atoms with Gasteiger partial charge in [0.15, 0.2) is 0 Å². The van der Waals surface area contributed by atoms with Crippen LogP contribution in [0.15, 0.2) is 0 Å². The third-order valence-electron chi connectivity index (χ3n) is 2.77. The Labute approximate surface area is 73.9 Å². The van der Waals surface area contributed by atoms with Crippen LogP contribution in [0.1, 0.15) is 33.1 Å². The summed E-state index contributed by atoms with van der Waals surface area (Å²) in [5.41, 5.74) is 5.37. The summed E-state index contributed by atoms with van der Waals surface area (Å²) in [5, 5.41) is 0. The van der Waals surface area contributed by atoms with Crippen molar-refractivity contribution in [3.8, 4) is 0 Å². The van der Waals surface area contributed by atoms with Gasteiger partial charge in [-0.15, -0.1) is 0 Å².